The number of piperidine rings is 1. The lowest BCUT2D eigenvalue weighted by molar-refractivity contribution is -0.206. The van der Waals surface area contributed by atoms with Crippen molar-refractivity contribution in [2.45, 2.75) is 43.4 Å². The molecule has 1 spiro atoms. The molecule has 0 radical (unpaired) electrons. The Bertz CT molecular complexity index is 672. The maximum absolute atomic E-state index is 12.4. The van der Waals surface area contributed by atoms with Crippen molar-refractivity contribution in [3.8, 4) is 0 Å². The fraction of sp³-hybridized carbons (Fsp3) is 0.684. The molecule has 0 aromatic carbocycles. The zero-order valence-electron chi connectivity index (χ0n) is 16.2. The van der Waals surface area contributed by atoms with E-state index in [0.717, 1.165) is 24.8 Å². The van der Waals surface area contributed by atoms with Crippen LogP contribution in [0, 0.1) is 0 Å². The summed E-state index contributed by atoms with van der Waals surface area (Å²) in [7, 11) is 5.85. The number of aliphatic hydroxyl groups is 1. The molecule has 2 saturated heterocycles. The van der Waals surface area contributed by atoms with Crippen molar-refractivity contribution >= 4 is 12.0 Å². The lowest BCUT2D eigenvalue weighted by Gasteiger charge is -2.52. The average Bonchev–Trinajstić information content (AvgIpc) is 3.01. The lowest BCUT2D eigenvalue weighted by atomic mass is 9.77. The topological polar surface area (TPSA) is 70.8 Å². The van der Waals surface area contributed by atoms with Crippen molar-refractivity contribution in [2.24, 2.45) is 7.05 Å². The predicted molar refractivity (Wildman–Crippen MR) is 99.5 cm³/mol. The van der Waals surface area contributed by atoms with E-state index in [-0.39, 0.29) is 17.6 Å². The third-order valence-electron chi connectivity index (χ3n) is 5.71. The van der Waals surface area contributed by atoms with Crippen molar-refractivity contribution in [1.29, 1.82) is 0 Å². The zero-order valence-corrected chi connectivity index (χ0v) is 16.2. The second-order valence-electron chi connectivity index (χ2n) is 8.12. The van der Waals surface area contributed by atoms with Crippen LogP contribution in [-0.2, 0) is 16.6 Å². The Hall–Kier alpha value is -1.70. The first-order valence-corrected chi connectivity index (χ1v) is 9.19. The van der Waals surface area contributed by atoms with Gasteiger partial charge in [-0.3, -0.25) is 9.48 Å². The number of amides is 1. The minimum absolute atomic E-state index is 0.0238. The van der Waals surface area contributed by atoms with E-state index in [1.807, 2.05) is 39.2 Å². The summed E-state index contributed by atoms with van der Waals surface area (Å²) < 4.78 is 7.83. The van der Waals surface area contributed by atoms with Crippen LogP contribution in [0.5, 0.6) is 0 Å². The molecule has 1 N–H and O–H groups in total. The highest BCUT2D eigenvalue weighted by Gasteiger charge is 2.49. The first-order valence-electron chi connectivity index (χ1n) is 9.19. The van der Waals surface area contributed by atoms with Gasteiger partial charge in [-0.05, 0) is 46.4 Å². The fourth-order valence-electron chi connectivity index (χ4n) is 4.05. The van der Waals surface area contributed by atoms with Gasteiger partial charge in [0.2, 0.25) is 5.91 Å². The molecule has 0 unspecified atom stereocenters. The Morgan fingerprint density at radius 3 is 2.69 bits per heavy atom. The molecule has 0 saturated carbocycles. The van der Waals surface area contributed by atoms with Gasteiger partial charge in [-0.1, -0.05) is 0 Å². The molecule has 0 bridgehead atoms. The number of carbonyl (C=O) groups excluding carboxylic acids is 1. The van der Waals surface area contributed by atoms with Crippen LogP contribution >= 0.6 is 0 Å². The second-order valence-corrected chi connectivity index (χ2v) is 8.12. The molecule has 1 amide bonds. The van der Waals surface area contributed by atoms with Gasteiger partial charge in [0.25, 0.3) is 0 Å². The maximum atomic E-state index is 12.4. The minimum atomic E-state index is -0.839. The fourth-order valence-corrected chi connectivity index (χ4v) is 4.05. The van der Waals surface area contributed by atoms with E-state index >= 15 is 0 Å². The van der Waals surface area contributed by atoms with Crippen LogP contribution in [-0.4, -0.2) is 81.6 Å². The van der Waals surface area contributed by atoms with E-state index in [1.54, 1.807) is 23.0 Å². The number of rotatable bonds is 3. The van der Waals surface area contributed by atoms with Gasteiger partial charge in [-0.2, -0.15) is 5.10 Å². The highest BCUT2D eigenvalue weighted by Crippen LogP contribution is 2.39. The number of aromatic nitrogens is 2. The highest BCUT2D eigenvalue weighted by atomic mass is 16.5. The van der Waals surface area contributed by atoms with Crippen LogP contribution in [0.3, 0.4) is 0 Å². The summed E-state index contributed by atoms with van der Waals surface area (Å²) >= 11 is 0. The molecular formula is C19H30N4O3. The van der Waals surface area contributed by atoms with E-state index < -0.39 is 5.60 Å². The van der Waals surface area contributed by atoms with E-state index in [4.69, 9.17) is 4.74 Å². The lowest BCUT2D eigenvalue weighted by Crippen LogP contribution is -2.62. The molecule has 26 heavy (non-hydrogen) atoms. The van der Waals surface area contributed by atoms with Gasteiger partial charge in [-0.15, -0.1) is 0 Å². The third kappa shape index (κ3) is 4.00. The molecule has 2 fully saturated rings. The Labute approximate surface area is 155 Å². The van der Waals surface area contributed by atoms with E-state index in [0.29, 0.717) is 19.7 Å². The van der Waals surface area contributed by atoms with Crippen molar-refractivity contribution in [3.63, 3.8) is 0 Å². The molecule has 2 atom stereocenters. The molecule has 3 rings (SSSR count). The zero-order chi connectivity index (χ0) is 18.9. The van der Waals surface area contributed by atoms with Crippen molar-refractivity contribution in [2.75, 3.05) is 33.8 Å². The Kier molecular flexibility index (Phi) is 5.23. The van der Waals surface area contributed by atoms with E-state index in [2.05, 4.69) is 10.00 Å². The molecule has 2 aliphatic rings. The second kappa shape index (κ2) is 7.13. The summed E-state index contributed by atoms with van der Waals surface area (Å²) in [4.78, 5) is 16.4. The normalized spacial score (nSPS) is 29.0. The van der Waals surface area contributed by atoms with Crippen molar-refractivity contribution < 1.29 is 14.6 Å². The third-order valence-corrected chi connectivity index (χ3v) is 5.71. The Morgan fingerprint density at radius 1 is 1.42 bits per heavy atom. The molecule has 0 aliphatic carbocycles. The van der Waals surface area contributed by atoms with Crippen LogP contribution in [0.2, 0.25) is 0 Å². The first-order chi connectivity index (χ1) is 12.2. The number of hydrogen-bond acceptors (Lipinski definition) is 5. The highest BCUT2D eigenvalue weighted by molar-refractivity contribution is 5.91. The van der Waals surface area contributed by atoms with Crippen LogP contribution in [0.1, 0.15) is 31.7 Å². The monoisotopic (exact) mass is 362 g/mol. The number of carbonyl (C=O) groups is 1. The van der Waals surface area contributed by atoms with Gasteiger partial charge < -0.3 is 19.6 Å². The number of aryl methyl sites for hydroxylation is 1. The number of likely N-dealkylation sites (N-methyl/N-ethyl adjacent to an activating group) is 1. The summed E-state index contributed by atoms with van der Waals surface area (Å²) in [6.07, 6.45) is 9.43. The smallest absolute Gasteiger partial charge is 0.246 e. The number of hydrogen-bond donors (Lipinski definition) is 1. The minimum Gasteiger partial charge on any atom is -0.386 e. The number of nitrogens with zero attached hydrogens (tertiary/aromatic N) is 4. The number of likely N-dealkylation sites (tertiary alicyclic amines) is 1. The molecule has 1 aromatic heterocycles. The van der Waals surface area contributed by atoms with Crippen molar-refractivity contribution in [1.82, 2.24) is 19.6 Å². The van der Waals surface area contributed by atoms with Crippen LogP contribution in [0.25, 0.3) is 6.08 Å². The summed E-state index contributed by atoms with van der Waals surface area (Å²) in [6, 6.07) is 0.0592. The quantitative estimate of drug-likeness (QED) is 0.809. The van der Waals surface area contributed by atoms with Gasteiger partial charge in [0.15, 0.2) is 0 Å². The number of ether oxygens (including phenoxy) is 1. The largest absolute Gasteiger partial charge is 0.386 e. The van der Waals surface area contributed by atoms with Crippen LogP contribution < -0.4 is 0 Å². The van der Waals surface area contributed by atoms with Gasteiger partial charge in [0.1, 0.15) is 5.60 Å². The predicted octanol–water partition coefficient (Wildman–Crippen LogP) is 0.896. The average molecular weight is 362 g/mol. The summed E-state index contributed by atoms with van der Waals surface area (Å²) in [5.41, 5.74) is -0.157. The Balaban J connectivity index is 1.58. The molecule has 2 aliphatic heterocycles. The van der Waals surface area contributed by atoms with Gasteiger partial charge in [-0.25, -0.2) is 0 Å². The molecule has 7 heteroatoms. The molecule has 3 heterocycles. The SMILES string of the molecule is CN(C)[C@H]1CC2(CCN(C(=O)/C=C/c3cnn(C)c3)CC2)OC[C@]1(C)O. The van der Waals surface area contributed by atoms with Crippen LogP contribution in [0.15, 0.2) is 18.5 Å². The molecule has 7 nitrogen and oxygen atoms in total. The van der Waals surface area contributed by atoms with Gasteiger partial charge >= 0.3 is 0 Å². The Morgan fingerprint density at radius 2 is 2.12 bits per heavy atom. The van der Waals surface area contributed by atoms with Crippen molar-refractivity contribution in [3.05, 3.63) is 24.0 Å². The standard InChI is InChI=1S/C19H30N4O3/c1-18(25)14-26-19(11-16(18)21(2)3)7-9-23(10-8-19)17(24)6-5-15-12-20-22(4)13-15/h5-6,12-13,16,25H,7-11,14H2,1-4H3/b6-5+/t16-,18-/m0/s1. The van der Waals surface area contributed by atoms with Crippen LogP contribution in [0.4, 0.5) is 0 Å². The molecular weight excluding hydrogens is 332 g/mol. The van der Waals surface area contributed by atoms with E-state index in [1.165, 1.54) is 0 Å². The van der Waals surface area contributed by atoms with E-state index in [9.17, 15) is 9.90 Å². The maximum Gasteiger partial charge on any atom is 0.246 e. The van der Waals surface area contributed by atoms with Gasteiger partial charge in [0, 0.05) is 44.0 Å². The molecule has 1 aromatic rings. The first kappa shape index (κ1) is 19.1. The summed E-state index contributed by atoms with van der Waals surface area (Å²) in [6.45, 7) is 3.54. The van der Waals surface area contributed by atoms with Gasteiger partial charge in [0.05, 0.1) is 18.4 Å². The summed E-state index contributed by atoms with van der Waals surface area (Å²) in [5.74, 6) is 0.0238. The summed E-state index contributed by atoms with van der Waals surface area (Å²) in [5, 5.41) is 14.7. The molecule has 144 valence electrons.